The van der Waals surface area contributed by atoms with Crippen LogP contribution in [-0.4, -0.2) is 42.2 Å². The summed E-state index contributed by atoms with van der Waals surface area (Å²) in [6.45, 7) is 2.55. The minimum Gasteiger partial charge on any atom is -0.395 e. The van der Waals surface area contributed by atoms with Gasteiger partial charge < -0.3 is 15.7 Å². The number of aliphatic hydroxyl groups excluding tert-OH is 1. The molecule has 0 spiro atoms. The van der Waals surface area contributed by atoms with Gasteiger partial charge in [0.05, 0.1) is 6.61 Å². The van der Waals surface area contributed by atoms with Gasteiger partial charge in [-0.05, 0) is 25.2 Å². The summed E-state index contributed by atoms with van der Waals surface area (Å²) >= 11 is 0. The quantitative estimate of drug-likeness (QED) is 0.705. The molecule has 3 unspecified atom stereocenters. The van der Waals surface area contributed by atoms with E-state index in [0.29, 0.717) is 12.5 Å². The molecule has 1 aliphatic rings. The summed E-state index contributed by atoms with van der Waals surface area (Å²) in [6, 6.07) is 0.257. The third-order valence-electron chi connectivity index (χ3n) is 3.34. The van der Waals surface area contributed by atoms with Gasteiger partial charge in [-0.1, -0.05) is 6.92 Å². The Labute approximate surface area is 91.4 Å². The summed E-state index contributed by atoms with van der Waals surface area (Å²) in [4.78, 5) is 13.6. The maximum Gasteiger partial charge on any atom is 0.225 e. The second-order valence-electron chi connectivity index (χ2n) is 4.64. The summed E-state index contributed by atoms with van der Waals surface area (Å²) in [7, 11) is 1.75. The monoisotopic (exact) mass is 214 g/mol. The Morgan fingerprint density at radius 3 is 2.73 bits per heavy atom. The van der Waals surface area contributed by atoms with Crippen LogP contribution in [-0.2, 0) is 4.79 Å². The number of nitrogens with zero attached hydrogens (tertiary/aromatic N) is 1. The predicted octanol–water partition coefficient (Wildman–Crippen LogP) is 0.201. The zero-order valence-electron chi connectivity index (χ0n) is 9.65. The SMILES string of the molecule is CC1CC(N)CCC1C(=O)N(C)CCO. The number of hydrogen-bond acceptors (Lipinski definition) is 3. The topological polar surface area (TPSA) is 66.6 Å². The fourth-order valence-corrected chi connectivity index (χ4v) is 2.35. The molecule has 1 amide bonds. The maximum absolute atomic E-state index is 12.0. The Hall–Kier alpha value is -0.610. The minimum atomic E-state index is 0.0306. The van der Waals surface area contributed by atoms with Crippen molar-refractivity contribution in [2.75, 3.05) is 20.2 Å². The fraction of sp³-hybridized carbons (Fsp3) is 0.909. The van der Waals surface area contributed by atoms with Gasteiger partial charge in [0, 0.05) is 25.6 Å². The van der Waals surface area contributed by atoms with E-state index in [9.17, 15) is 4.79 Å². The molecule has 3 N–H and O–H groups in total. The highest BCUT2D eigenvalue weighted by molar-refractivity contribution is 5.79. The van der Waals surface area contributed by atoms with E-state index in [1.807, 2.05) is 0 Å². The second-order valence-corrected chi connectivity index (χ2v) is 4.64. The standard InChI is InChI=1S/C11H22N2O2/c1-8-7-9(12)3-4-10(8)11(15)13(2)5-6-14/h8-10,14H,3-7,12H2,1-2H3. The molecule has 1 fully saturated rings. The van der Waals surface area contributed by atoms with Gasteiger partial charge in [-0.3, -0.25) is 4.79 Å². The molecule has 1 aliphatic carbocycles. The van der Waals surface area contributed by atoms with E-state index < -0.39 is 0 Å². The van der Waals surface area contributed by atoms with Crippen molar-refractivity contribution in [3.63, 3.8) is 0 Å². The van der Waals surface area contributed by atoms with Crippen LogP contribution in [0.3, 0.4) is 0 Å². The summed E-state index contributed by atoms with van der Waals surface area (Å²) in [6.07, 6.45) is 2.76. The van der Waals surface area contributed by atoms with Crippen molar-refractivity contribution < 1.29 is 9.90 Å². The summed E-state index contributed by atoms with van der Waals surface area (Å²) in [5, 5.41) is 8.78. The van der Waals surface area contributed by atoms with Crippen LogP contribution >= 0.6 is 0 Å². The van der Waals surface area contributed by atoms with Gasteiger partial charge in [0.25, 0.3) is 0 Å². The second kappa shape index (κ2) is 5.47. The molecule has 1 saturated carbocycles. The molecule has 0 heterocycles. The zero-order valence-corrected chi connectivity index (χ0v) is 9.65. The van der Waals surface area contributed by atoms with Gasteiger partial charge in [-0.15, -0.1) is 0 Å². The zero-order chi connectivity index (χ0) is 11.4. The molecule has 0 aromatic rings. The van der Waals surface area contributed by atoms with Crippen molar-refractivity contribution in [2.45, 2.75) is 32.2 Å². The lowest BCUT2D eigenvalue weighted by Gasteiger charge is -2.33. The first-order chi connectivity index (χ1) is 7.06. The first kappa shape index (κ1) is 12.5. The molecule has 0 aromatic heterocycles. The Balaban J connectivity index is 2.52. The van der Waals surface area contributed by atoms with Gasteiger partial charge in [-0.2, -0.15) is 0 Å². The molecule has 15 heavy (non-hydrogen) atoms. The van der Waals surface area contributed by atoms with Gasteiger partial charge in [0.2, 0.25) is 5.91 Å². The molecule has 0 aromatic carbocycles. The van der Waals surface area contributed by atoms with Crippen molar-refractivity contribution >= 4 is 5.91 Å². The normalized spacial score (nSPS) is 31.3. The highest BCUT2D eigenvalue weighted by Crippen LogP contribution is 2.30. The lowest BCUT2D eigenvalue weighted by molar-refractivity contribution is -0.137. The maximum atomic E-state index is 12.0. The summed E-state index contributed by atoms with van der Waals surface area (Å²) < 4.78 is 0. The van der Waals surface area contributed by atoms with Crippen LogP contribution < -0.4 is 5.73 Å². The summed E-state index contributed by atoms with van der Waals surface area (Å²) in [5.41, 5.74) is 5.86. The first-order valence-corrected chi connectivity index (χ1v) is 5.67. The molecular weight excluding hydrogens is 192 g/mol. The van der Waals surface area contributed by atoms with E-state index in [-0.39, 0.29) is 24.5 Å². The highest BCUT2D eigenvalue weighted by atomic mass is 16.3. The molecule has 88 valence electrons. The molecule has 0 saturated heterocycles. The number of amides is 1. The van der Waals surface area contributed by atoms with Gasteiger partial charge in [0.15, 0.2) is 0 Å². The third-order valence-corrected chi connectivity index (χ3v) is 3.34. The number of carbonyl (C=O) groups is 1. The van der Waals surface area contributed by atoms with Crippen LogP contribution in [0.1, 0.15) is 26.2 Å². The van der Waals surface area contributed by atoms with E-state index in [1.165, 1.54) is 0 Å². The van der Waals surface area contributed by atoms with Crippen LogP contribution in [0.4, 0.5) is 0 Å². The van der Waals surface area contributed by atoms with Crippen LogP contribution in [0.5, 0.6) is 0 Å². The number of carbonyl (C=O) groups excluding carboxylic acids is 1. The molecule has 3 atom stereocenters. The molecular formula is C11H22N2O2. The molecule has 0 aliphatic heterocycles. The smallest absolute Gasteiger partial charge is 0.225 e. The van der Waals surface area contributed by atoms with Crippen LogP contribution in [0, 0.1) is 11.8 Å². The lowest BCUT2D eigenvalue weighted by atomic mass is 9.77. The molecule has 0 bridgehead atoms. The Morgan fingerprint density at radius 2 is 2.20 bits per heavy atom. The number of nitrogens with two attached hydrogens (primary N) is 1. The van der Waals surface area contributed by atoms with Gasteiger partial charge >= 0.3 is 0 Å². The van der Waals surface area contributed by atoms with Gasteiger partial charge in [-0.25, -0.2) is 0 Å². The third kappa shape index (κ3) is 3.18. The highest BCUT2D eigenvalue weighted by Gasteiger charge is 2.32. The molecule has 0 radical (unpaired) electrons. The van der Waals surface area contributed by atoms with Gasteiger partial charge in [0.1, 0.15) is 0 Å². The Kier molecular flexibility index (Phi) is 4.54. The predicted molar refractivity (Wildman–Crippen MR) is 59.2 cm³/mol. The van der Waals surface area contributed by atoms with Crippen LogP contribution in [0.2, 0.25) is 0 Å². The van der Waals surface area contributed by atoms with Crippen LogP contribution in [0.25, 0.3) is 0 Å². The molecule has 1 rings (SSSR count). The van der Waals surface area contributed by atoms with Crippen molar-refractivity contribution in [3.8, 4) is 0 Å². The van der Waals surface area contributed by atoms with E-state index in [0.717, 1.165) is 19.3 Å². The lowest BCUT2D eigenvalue weighted by Crippen LogP contribution is -2.42. The Bertz CT molecular complexity index is 221. The van der Waals surface area contributed by atoms with E-state index in [4.69, 9.17) is 10.8 Å². The van der Waals surface area contributed by atoms with Crippen molar-refractivity contribution in [3.05, 3.63) is 0 Å². The minimum absolute atomic E-state index is 0.0306. The van der Waals surface area contributed by atoms with E-state index >= 15 is 0 Å². The molecule has 4 heteroatoms. The van der Waals surface area contributed by atoms with Crippen molar-refractivity contribution in [1.29, 1.82) is 0 Å². The number of aliphatic hydroxyl groups is 1. The molecule has 4 nitrogen and oxygen atoms in total. The number of rotatable bonds is 3. The van der Waals surface area contributed by atoms with E-state index in [2.05, 4.69) is 6.92 Å². The van der Waals surface area contributed by atoms with Crippen molar-refractivity contribution in [1.82, 2.24) is 4.90 Å². The largest absolute Gasteiger partial charge is 0.395 e. The average Bonchev–Trinajstić information content (AvgIpc) is 2.17. The fourth-order valence-electron chi connectivity index (χ4n) is 2.35. The summed E-state index contributed by atoms with van der Waals surface area (Å²) in [5.74, 6) is 0.618. The van der Waals surface area contributed by atoms with Crippen LogP contribution in [0.15, 0.2) is 0 Å². The Morgan fingerprint density at radius 1 is 1.53 bits per heavy atom. The average molecular weight is 214 g/mol. The first-order valence-electron chi connectivity index (χ1n) is 5.67. The van der Waals surface area contributed by atoms with Crippen molar-refractivity contribution in [2.24, 2.45) is 17.6 Å². The number of hydrogen-bond donors (Lipinski definition) is 2. The van der Waals surface area contributed by atoms with E-state index in [1.54, 1.807) is 11.9 Å². The number of likely N-dealkylation sites (N-methyl/N-ethyl adjacent to an activating group) is 1.